The normalized spacial score (nSPS) is 11.6. The Morgan fingerprint density at radius 2 is 1.67 bits per heavy atom. The molecule has 3 heterocycles. The molecule has 5 aromatic rings. The largest absolute Gasteiger partial charge is 0.280 e. The minimum Gasteiger partial charge on any atom is -0.280 e. The van der Waals surface area contributed by atoms with Crippen molar-refractivity contribution >= 4 is 21.4 Å². The summed E-state index contributed by atoms with van der Waals surface area (Å²) in [5, 5.41) is 12.8. The first kappa shape index (κ1) is 20.6. The molecule has 3 aromatic heterocycles. The van der Waals surface area contributed by atoms with Crippen LogP contribution in [0.15, 0.2) is 83.9 Å². The van der Waals surface area contributed by atoms with Crippen LogP contribution in [-0.4, -0.2) is 33.2 Å². The van der Waals surface area contributed by atoms with Gasteiger partial charge in [-0.25, -0.2) is 17.2 Å². The highest BCUT2D eigenvalue weighted by molar-refractivity contribution is 7.92. The van der Waals surface area contributed by atoms with E-state index in [1.165, 1.54) is 12.1 Å². The Labute approximate surface area is 186 Å². The number of anilines is 1. The second-order valence-electron chi connectivity index (χ2n) is 6.98. The van der Waals surface area contributed by atoms with E-state index < -0.39 is 26.6 Å². The number of benzene rings is 2. The van der Waals surface area contributed by atoms with Gasteiger partial charge in [0.05, 0.1) is 5.69 Å². The third-order valence-corrected chi connectivity index (χ3v) is 6.17. The van der Waals surface area contributed by atoms with E-state index >= 15 is 0 Å². The van der Waals surface area contributed by atoms with Gasteiger partial charge in [0.1, 0.15) is 22.2 Å². The number of halogens is 2. The minimum absolute atomic E-state index is 0.182. The van der Waals surface area contributed by atoms with E-state index in [2.05, 4.69) is 25.0 Å². The molecular weight excluding hydrogens is 450 g/mol. The number of hydrogen-bond acceptors (Lipinski definition) is 6. The Morgan fingerprint density at radius 3 is 2.42 bits per heavy atom. The van der Waals surface area contributed by atoms with Gasteiger partial charge in [-0.1, -0.05) is 18.2 Å². The molecule has 5 rings (SSSR count). The van der Waals surface area contributed by atoms with Crippen molar-refractivity contribution in [2.24, 2.45) is 0 Å². The lowest BCUT2D eigenvalue weighted by atomic mass is 10.1. The summed E-state index contributed by atoms with van der Waals surface area (Å²) in [6.07, 6.45) is 1.65. The maximum Gasteiger partial charge on any atom is 0.264 e. The number of sulfonamides is 1. The summed E-state index contributed by atoms with van der Waals surface area (Å²) in [5.74, 6) is -1.42. The summed E-state index contributed by atoms with van der Waals surface area (Å²) in [6.45, 7) is 0. The second-order valence-corrected chi connectivity index (χ2v) is 8.64. The van der Waals surface area contributed by atoms with Crippen LogP contribution in [0.1, 0.15) is 0 Å². The number of hydrogen-bond donors (Lipinski definition) is 1. The lowest BCUT2D eigenvalue weighted by Gasteiger charge is -2.10. The van der Waals surface area contributed by atoms with E-state index in [-0.39, 0.29) is 5.69 Å². The van der Waals surface area contributed by atoms with Gasteiger partial charge in [-0.3, -0.25) is 9.71 Å². The SMILES string of the molecule is O=S(=O)(Nc1ccc(-c2ccc3nnc(-c4ccccn4)n3n2)cc1)c1cc(F)ccc1F. The van der Waals surface area contributed by atoms with Gasteiger partial charge in [0, 0.05) is 17.4 Å². The molecule has 2 aromatic carbocycles. The number of nitrogens with one attached hydrogen (secondary N) is 1. The van der Waals surface area contributed by atoms with Gasteiger partial charge in [0.25, 0.3) is 10.0 Å². The molecule has 0 unspecified atom stereocenters. The van der Waals surface area contributed by atoms with E-state index in [1.54, 1.807) is 47.1 Å². The summed E-state index contributed by atoms with van der Waals surface area (Å²) in [7, 11) is -4.31. The number of fused-ring (bicyclic) bond motifs is 1. The van der Waals surface area contributed by atoms with Gasteiger partial charge in [0.15, 0.2) is 5.65 Å². The molecule has 0 spiro atoms. The maximum absolute atomic E-state index is 13.9. The smallest absolute Gasteiger partial charge is 0.264 e. The Kier molecular flexibility index (Phi) is 5.02. The molecule has 0 saturated carbocycles. The van der Waals surface area contributed by atoms with Crippen LogP contribution in [0.4, 0.5) is 14.5 Å². The fourth-order valence-corrected chi connectivity index (χ4v) is 4.35. The zero-order valence-corrected chi connectivity index (χ0v) is 17.5. The van der Waals surface area contributed by atoms with Gasteiger partial charge in [-0.05, 0) is 54.6 Å². The summed E-state index contributed by atoms with van der Waals surface area (Å²) < 4.78 is 56.0. The van der Waals surface area contributed by atoms with Crippen molar-refractivity contribution in [2.45, 2.75) is 4.90 Å². The molecule has 0 aliphatic carbocycles. The highest BCUT2D eigenvalue weighted by atomic mass is 32.2. The molecule has 0 saturated heterocycles. The van der Waals surface area contributed by atoms with Gasteiger partial charge in [-0.15, -0.1) is 10.2 Å². The first-order valence-electron chi connectivity index (χ1n) is 9.63. The molecule has 1 N–H and O–H groups in total. The van der Waals surface area contributed by atoms with Crippen LogP contribution in [0.3, 0.4) is 0 Å². The van der Waals surface area contributed by atoms with Crippen molar-refractivity contribution in [3.8, 4) is 22.8 Å². The molecule has 0 atom stereocenters. The number of pyridine rings is 1. The first-order valence-corrected chi connectivity index (χ1v) is 11.1. The molecule has 11 heteroatoms. The van der Waals surface area contributed by atoms with Crippen LogP contribution < -0.4 is 4.72 Å². The van der Waals surface area contributed by atoms with E-state index in [4.69, 9.17) is 0 Å². The Balaban J connectivity index is 1.44. The third kappa shape index (κ3) is 4.01. The summed E-state index contributed by atoms with van der Waals surface area (Å²) in [4.78, 5) is 3.51. The average molecular weight is 464 g/mol. The quantitative estimate of drug-likeness (QED) is 0.423. The van der Waals surface area contributed by atoms with Crippen molar-refractivity contribution < 1.29 is 17.2 Å². The highest BCUT2D eigenvalue weighted by Crippen LogP contribution is 2.24. The number of rotatable bonds is 5. The third-order valence-electron chi connectivity index (χ3n) is 4.77. The van der Waals surface area contributed by atoms with Gasteiger partial charge >= 0.3 is 0 Å². The van der Waals surface area contributed by atoms with Crippen molar-refractivity contribution in [3.63, 3.8) is 0 Å². The fraction of sp³-hybridized carbons (Fsp3) is 0. The van der Waals surface area contributed by atoms with Crippen LogP contribution in [0.5, 0.6) is 0 Å². The number of aromatic nitrogens is 5. The minimum atomic E-state index is -4.31. The lowest BCUT2D eigenvalue weighted by Crippen LogP contribution is -2.14. The second kappa shape index (κ2) is 8.02. The zero-order valence-electron chi connectivity index (χ0n) is 16.7. The van der Waals surface area contributed by atoms with Crippen molar-refractivity contribution in [1.82, 2.24) is 24.8 Å². The fourth-order valence-electron chi connectivity index (χ4n) is 3.20. The average Bonchev–Trinajstić information content (AvgIpc) is 3.25. The van der Waals surface area contributed by atoms with E-state index in [9.17, 15) is 17.2 Å². The van der Waals surface area contributed by atoms with Crippen LogP contribution in [0.2, 0.25) is 0 Å². The monoisotopic (exact) mass is 464 g/mol. The topological polar surface area (TPSA) is 102 Å². The zero-order chi connectivity index (χ0) is 23.0. The molecule has 0 aliphatic rings. The molecule has 0 radical (unpaired) electrons. The maximum atomic E-state index is 13.9. The molecule has 8 nitrogen and oxygen atoms in total. The van der Waals surface area contributed by atoms with Crippen LogP contribution in [0.25, 0.3) is 28.4 Å². The standard InChI is InChI=1S/C22H14F2N6O2S/c23-15-6-9-17(24)20(13-15)33(31,32)29-16-7-4-14(5-8-16)18-10-11-21-26-27-22(30(21)28-18)19-3-1-2-12-25-19/h1-13,29H. The molecule has 33 heavy (non-hydrogen) atoms. The predicted octanol–water partition coefficient (Wildman–Crippen LogP) is 3.93. The van der Waals surface area contributed by atoms with E-state index in [0.717, 1.165) is 12.1 Å². The molecular formula is C22H14F2N6O2S. The van der Waals surface area contributed by atoms with Crippen molar-refractivity contribution in [3.05, 3.63) is 90.6 Å². The summed E-state index contributed by atoms with van der Waals surface area (Å²) in [6, 6.07) is 17.5. The molecule has 0 aliphatic heterocycles. The van der Waals surface area contributed by atoms with Crippen molar-refractivity contribution in [2.75, 3.05) is 4.72 Å². The Morgan fingerprint density at radius 1 is 0.848 bits per heavy atom. The molecule has 164 valence electrons. The predicted molar refractivity (Wildman–Crippen MR) is 117 cm³/mol. The van der Waals surface area contributed by atoms with E-state index in [0.29, 0.717) is 34.5 Å². The number of nitrogens with zero attached hydrogens (tertiary/aromatic N) is 5. The highest BCUT2D eigenvalue weighted by Gasteiger charge is 2.20. The van der Waals surface area contributed by atoms with Gasteiger partial charge in [-0.2, -0.15) is 9.61 Å². The van der Waals surface area contributed by atoms with Crippen LogP contribution in [-0.2, 0) is 10.0 Å². The van der Waals surface area contributed by atoms with Gasteiger partial charge in [0.2, 0.25) is 5.82 Å². The van der Waals surface area contributed by atoms with Crippen molar-refractivity contribution in [1.29, 1.82) is 0 Å². The summed E-state index contributed by atoms with van der Waals surface area (Å²) >= 11 is 0. The Hall–Kier alpha value is -4.25. The van der Waals surface area contributed by atoms with Gasteiger partial charge < -0.3 is 0 Å². The molecule has 0 bridgehead atoms. The van der Waals surface area contributed by atoms with Crippen LogP contribution >= 0.6 is 0 Å². The molecule has 0 fully saturated rings. The molecule has 0 amide bonds. The van der Waals surface area contributed by atoms with Crippen LogP contribution in [0, 0.1) is 11.6 Å². The lowest BCUT2D eigenvalue weighted by molar-refractivity contribution is 0.555. The Bertz CT molecular complexity index is 1570. The first-order chi connectivity index (χ1) is 15.9. The van der Waals surface area contributed by atoms with E-state index in [1.807, 2.05) is 6.07 Å². The summed E-state index contributed by atoms with van der Waals surface area (Å²) in [5.41, 5.74) is 2.62.